The normalized spacial score (nSPS) is 12.7. The Morgan fingerprint density at radius 3 is 2.67 bits per heavy atom. The lowest BCUT2D eigenvalue weighted by molar-refractivity contribution is 0.481. The summed E-state index contributed by atoms with van der Waals surface area (Å²) in [4.78, 5) is 4.31. The van der Waals surface area contributed by atoms with Crippen LogP contribution in [0.5, 0.6) is 0 Å². The molecule has 84 valence electrons. The van der Waals surface area contributed by atoms with Crippen LogP contribution in [0.3, 0.4) is 0 Å². The molecule has 1 aromatic heterocycles. The van der Waals surface area contributed by atoms with Crippen molar-refractivity contribution in [3.8, 4) is 0 Å². The second kappa shape index (κ2) is 6.57. The van der Waals surface area contributed by atoms with Crippen LogP contribution < -0.4 is 5.32 Å². The second-order valence-electron chi connectivity index (χ2n) is 4.01. The minimum Gasteiger partial charge on any atom is -0.314 e. The van der Waals surface area contributed by atoms with Gasteiger partial charge in [-0.1, -0.05) is 19.9 Å². The molecule has 0 spiro atoms. The van der Waals surface area contributed by atoms with E-state index in [9.17, 15) is 0 Å². The van der Waals surface area contributed by atoms with Gasteiger partial charge >= 0.3 is 0 Å². The number of aryl methyl sites for hydroxylation is 2. The molecule has 0 radical (unpaired) electrons. The topological polar surface area (TPSA) is 24.9 Å². The number of hydrogen-bond donors (Lipinski definition) is 1. The van der Waals surface area contributed by atoms with E-state index in [4.69, 9.17) is 0 Å². The summed E-state index contributed by atoms with van der Waals surface area (Å²) in [5.41, 5.74) is 2.44. The average Bonchev–Trinajstić information content (AvgIpc) is 2.26. The summed E-state index contributed by atoms with van der Waals surface area (Å²) in [5, 5.41) is 3.49. The zero-order valence-electron chi connectivity index (χ0n) is 10.1. The highest BCUT2D eigenvalue weighted by Crippen LogP contribution is 2.06. The Labute approximate surface area is 93.1 Å². The molecule has 0 aliphatic carbocycles. The molecule has 1 unspecified atom stereocenters. The van der Waals surface area contributed by atoms with Crippen LogP contribution in [0.25, 0.3) is 0 Å². The number of nitrogens with one attached hydrogen (secondary N) is 1. The van der Waals surface area contributed by atoms with Crippen molar-refractivity contribution < 1.29 is 0 Å². The van der Waals surface area contributed by atoms with Crippen LogP contribution in [0, 0.1) is 6.92 Å². The molecule has 0 aliphatic rings. The molecule has 1 heterocycles. The molecule has 0 saturated heterocycles. The lowest BCUT2D eigenvalue weighted by Crippen LogP contribution is -2.28. The molecule has 1 N–H and O–H groups in total. The van der Waals surface area contributed by atoms with Crippen molar-refractivity contribution in [2.75, 3.05) is 6.54 Å². The lowest BCUT2D eigenvalue weighted by Gasteiger charge is -2.15. The third-order valence-corrected chi connectivity index (χ3v) is 2.74. The Bertz CT molecular complexity index is 266. The van der Waals surface area contributed by atoms with Crippen molar-refractivity contribution in [3.63, 3.8) is 0 Å². The highest BCUT2D eigenvalue weighted by Gasteiger charge is 2.04. The molecule has 2 heteroatoms. The summed E-state index contributed by atoms with van der Waals surface area (Å²) >= 11 is 0. The van der Waals surface area contributed by atoms with Gasteiger partial charge in [-0.3, -0.25) is 4.98 Å². The fourth-order valence-corrected chi connectivity index (χ4v) is 1.73. The number of aromatic nitrogens is 1. The van der Waals surface area contributed by atoms with Crippen LogP contribution in [0.2, 0.25) is 0 Å². The first-order valence-corrected chi connectivity index (χ1v) is 5.91. The van der Waals surface area contributed by atoms with Gasteiger partial charge < -0.3 is 5.32 Å². The maximum atomic E-state index is 4.31. The van der Waals surface area contributed by atoms with E-state index in [1.165, 1.54) is 18.4 Å². The summed E-state index contributed by atoms with van der Waals surface area (Å²) < 4.78 is 0. The highest BCUT2D eigenvalue weighted by atomic mass is 14.9. The summed E-state index contributed by atoms with van der Waals surface area (Å²) in [7, 11) is 0. The maximum absolute atomic E-state index is 4.31. The van der Waals surface area contributed by atoms with Crippen molar-refractivity contribution in [3.05, 3.63) is 29.6 Å². The number of pyridine rings is 1. The average molecular weight is 206 g/mol. The number of nitrogens with zero attached hydrogens (tertiary/aromatic N) is 1. The van der Waals surface area contributed by atoms with Gasteiger partial charge in [0, 0.05) is 17.9 Å². The Balaban J connectivity index is 2.38. The van der Waals surface area contributed by atoms with E-state index < -0.39 is 0 Å². The zero-order chi connectivity index (χ0) is 11.1. The van der Waals surface area contributed by atoms with Gasteiger partial charge in [-0.2, -0.15) is 0 Å². The first-order chi connectivity index (χ1) is 7.26. The molecule has 0 aromatic carbocycles. The van der Waals surface area contributed by atoms with Crippen molar-refractivity contribution >= 4 is 0 Å². The fourth-order valence-electron chi connectivity index (χ4n) is 1.73. The van der Waals surface area contributed by atoms with Gasteiger partial charge in [-0.15, -0.1) is 0 Å². The molecule has 1 rings (SSSR count). The Morgan fingerprint density at radius 2 is 2.13 bits per heavy atom. The molecule has 1 atom stereocenters. The van der Waals surface area contributed by atoms with Crippen LogP contribution in [-0.4, -0.2) is 17.6 Å². The van der Waals surface area contributed by atoms with E-state index in [-0.39, 0.29) is 0 Å². The lowest BCUT2D eigenvalue weighted by atomic mass is 10.0. The smallest absolute Gasteiger partial charge is 0.0372 e. The van der Waals surface area contributed by atoms with E-state index in [0.717, 1.165) is 18.7 Å². The van der Waals surface area contributed by atoms with Gasteiger partial charge in [-0.25, -0.2) is 0 Å². The zero-order valence-corrected chi connectivity index (χ0v) is 10.1. The van der Waals surface area contributed by atoms with Crippen molar-refractivity contribution in [2.24, 2.45) is 0 Å². The quantitative estimate of drug-likeness (QED) is 0.774. The largest absolute Gasteiger partial charge is 0.314 e. The third-order valence-electron chi connectivity index (χ3n) is 2.74. The maximum Gasteiger partial charge on any atom is 0.0372 e. The van der Waals surface area contributed by atoms with E-state index in [0.29, 0.717) is 6.04 Å². The Morgan fingerprint density at radius 1 is 1.33 bits per heavy atom. The molecular weight excluding hydrogens is 184 g/mol. The Kier molecular flexibility index (Phi) is 5.33. The van der Waals surface area contributed by atoms with Crippen molar-refractivity contribution in [1.82, 2.24) is 10.3 Å². The standard InChI is InChI=1S/C13H22N2/c1-4-13(14-5-2)9-8-12-7-6-11(3)15-10-12/h6-7,10,13-14H,4-5,8-9H2,1-3H3. The van der Waals surface area contributed by atoms with Gasteiger partial charge in [0.15, 0.2) is 0 Å². The SMILES string of the molecule is CCNC(CC)CCc1ccc(C)nc1. The molecule has 0 saturated carbocycles. The summed E-state index contributed by atoms with van der Waals surface area (Å²) in [5.74, 6) is 0. The van der Waals surface area contributed by atoms with E-state index >= 15 is 0 Å². The van der Waals surface area contributed by atoms with E-state index in [2.05, 4.69) is 36.3 Å². The predicted molar refractivity (Wildman–Crippen MR) is 65.1 cm³/mol. The molecule has 0 amide bonds. The first-order valence-electron chi connectivity index (χ1n) is 5.91. The van der Waals surface area contributed by atoms with Crippen molar-refractivity contribution in [2.45, 2.75) is 46.1 Å². The van der Waals surface area contributed by atoms with Gasteiger partial charge in [0.05, 0.1) is 0 Å². The summed E-state index contributed by atoms with van der Waals surface area (Å²) in [6.45, 7) is 7.48. The van der Waals surface area contributed by atoms with Gasteiger partial charge in [-0.05, 0) is 44.4 Å². The third kappa shape index (κ3) is 4.43. The second-order valence-corrected chi connectivity index (χ2v) is 4.01. The molecule has 0 aliphatic heterocycles. The van der Waals surface area contributed by atoms with Crippen molar-refractivity contribution in [1.29, 1.82) is 0 Å². The monoisotopic (exact) mass is 206 g/mol. The van der Waals surface area contributed by atoms with Gasteiger partial charge in [0.2, 0.25) is 0 Å². The highest BCUT2D eigenvalue weighted by molar-refractivity contribution is 5.13. The molecule has 1 aromatic rings. The fraction of sp³-hybridized carbons (Fsp3) is 0.615. The first kappa shape index (κ1) is 12.2. The molecule has 2 nitrogen and oxygen atoms in total. The summed E-state index contributed by atoms with van der Waals surface area (Å²) in [6.07, 6.45) is 5.52. The molecule has 15 heavy (non-hydrogen) atoms. The molecular formula is C13H22N2. The number of hydrogen-bond acceptors (Lipinski definition) is 2. The predicted octanol–water partition coefficient (Wildman–Crippen LogP) is 2.71. The Hall–Kier alpha value is -0.890. The van der Waals surface area contributed by atoms with Crippen LogP contribution in [0.1, 0.15) is 37.9 Å². The van der Waals surface area contributed by atoms with Crippen LogP contribution in [0.4, 0.5) is 0 Å². The van der Waals surface area contributed by atoms with Crippen LogP contribution in [0.15, 0.2) is 18.3 Å². The molecule has 0 bridgehead atoms. The minimum atomic E-state index is 0.649. The van der Waals surface area contributed by atoms with E-state index in [1.807, 2.05) is 13.1 Å². The molecule has 0 fully saturated rings. The van der Waals surface area contributed by atoms with Gasteiger partial charge in [0.1, 0.15) is 0 Å². The van der Waals surface area contributed by atoms with Crippen LogP contribution >= 0.6 is 0 Å². The summed E-state index contributed by atoms with van der Waals surface area (Å²) in [6, 6.07) is 4.92. The van der Waals surface area contributed by atoms with Gasteiger partial charge in [0.25, 0.3) is 0 Å². The number of rotatable bonds is 6. The van der Waals surface area contributed by atoms with E-state index in [1.54, 1.807) is 0 Å². The minimum absolute atomic E-state index is 0.649. The van der Waals surface area contributed by atoms with Crippen LogP contribution in [-0.2, 0) is 6.42 Å².